The number of alkyl halides is 2. The van der Waals surface area contributed by atoms with Gasteiger partial charge in [-0.15, -0.1) is 0 Å². The molecule has 0 aliphatic heterocycles. The number of carbonyl (C=O) groups excluding carboxylic acids is 2. The Morgan fingerprint density at radius 1 is 1.23 bits per heavy atom. The number of ketones is 1. The molecular formula is C28H39BrF2O4. The first-order valence-corrected chi connectivity index (χ1v) is 14.1. The monoisotopic (exact) mass is 556 g/mol. The second kappa shape index (κ2) is 9.66. The van der Waals surface area contributed by atoms with Crippen LogP contribution in [-0.2, 0) is 14.3 Å². The van der Waals surface area contributed by atoms with E-state index in [4.69, 9.17) is 4.74 Å². The van der Waals surface area contributed by atoms with Crippen LogP contribution in [0, 0.1) is 28.6 Å². The van der Waals surface area contributed by atoms with E-state index in [0.717, 1.165) is 38.5 Å². The van der Waals surface area contributed by atoms with Crippen LogP contribution in [0.1, 0.15) is 85.5 Å². The SMILES string of the molecule is CCCCCC[C@]12C[C@H](O)[C@@]3(Br)[C@@H](C[C@H](F)C4=C(F)C(=O)C=C[C@@]43C)[C@@H]1C[C@@H](C)[C@H]2OC(=O)CC. The van der Waals surface area contributed by atoms with Gasteiger partial charge in [0.25, 0.3) is 0 Å². The van der Waals surface area contributed by atoms with Gasteiger partial charge < -0.3 is 9.84 Å². The molecule has 1 N–H and O–H groups in total. The number of aliphatic hydroxyl groups excluding tert-OH is 1. The van der Waals surface area contributed by atoms with Crippen molar-refractivity contribution in [2.45, 2.75) is 108 Å². The maximum absolute atomic E-state index is 15.8. The molecule has 0 saturated heterocycles. The van der Waals surface area contributed by atoms with Crippen LogP contribution in [0.25, 0.3) is 0 Å². The fourth-order valence-corrected chi connectivity index (χ4v) is 9.17. The molecule has 0 spiro atoms. The third-order valence-corrected chi connectivity index (χ3v) is 11.7. The number of esters is 1. The van der Waals surface area contributed by atoms with Gasteiger partial charge in [-0.05, 0) is 49.5 Å². The van der Waals surface area contributed by atoms with Crippen molar-refractivity contribution in [2.24, 2.45) is 28.6 Å². The lowest BCUT2D eigenvalue weighted by molar-refractivity contribution is -0.171. The number of unbranched alkanes of at least 4 members (excludes halogenated alkanes) is 3. The van der Waals surface area contributed by atoms with Crippen molar-refractivity contribution in [1.82, 2.24) is 0 Å². The summed E-state index contributed by atoms with van der Waals surface area (Å²) < 4.78 is 35.9. The van der Waals surface area contributed by atoms with Crippen molar-refractivity contribution in [3.05, 3.63) is 23.6 Å². The molecule has 196 valence electrons. The molecule has 0 amide bonds. The highest BCUT2D eigenvalue weighted by Crippen LogP contribution is 2.71. The Balaban J connectivity index is 1.80. The van der Waals surface area contributed by atoms with Gasteiger partial charge in [-0.2, -0.15) is 0 Å². The van der Waals surface area contributed by atoms with Crippen LogP contribution in [-0.4, -0.2) is 39.6 Å². The van der Waals surface area contributed by atoms with E-state index in [1.807, 2.05) is 0 Å². The minimum Gasteiger partial charge on any atom is -0.461 e. The number of halogens is 3. The van der Waals surface area contributed by atoms with E-state index in [2.05, 4.69) is 29.8 Å². The molecule has 0 unspecified atom stereocenters. The van der Waals surface area contributed by atoms with E-state index in [9.17, 15) is 14.7 Å². The van der Waals surface area contributed by atoms with Gasteiger partial charge in [-0.1, -0.05) is 75.4 Å². The zero-order chi connectivity index (χ0) is 25.8. The Bertz CT molecular complexity index is 934. The van der Waals surface area contributed by atoms with E-state index in [1.54, 1.807) is 19.9 Å². The smallest absolute Gasteiger partial charge is 0.305 e. The molecule has 0 heterocycles. The number of hydrogen-bond acceptors (Lipinski definition) is 4. The topological polar surface area (TPSA) is 63.6 Å². The van der Waals surface area contributed by atoms with Crippen LogP contribution in [0.4, 0.5) is 8.78 Å². The highest BCUT2D eigenvalue weighted by atomic mass is 79.9. The third kappa shape index (κ3) is 3.89. The number of aliphatic hydroxyl groups is 1. The molecule has 3 saturated carbocycles. The summed E-state index contributed by atoms with van der Waals surface area (Å²) in [6.07, 6.45) is 6.38. The Hall–Kier alpha value is -1.08. The molecule has 0 aromatic carbocycles. The van der Waals surface area contributed by atoms with Crippen molar-refractivity contribution in [2.75, 3.05) is 0 Å². The van der Waals surface area contributed by atoms with Crippen molar-refractivity contribution in [3.63, 3.8) is 0 Å². The molecule has 0 bridgehead atoms. The molecule has 4 aliphatic carbocycles. The first-order valence-electron chi connectivity index (χ1n) is 13.3. The van der Waals surface area contributed by atoms with E-state index in [1.165, 1.54) is 6.08 Å². The molecule has 3 fully saturated rings. The van der Waals surface area contributed by atoms with Gasteiger partial charge in [0.2, 0.25) is 5.78 Å². The highest BCUT2D eigenvalue weighted by molar-refractivity contribution is 9.10. The quantitative estimate of drug-likeness (QED) is 0.219. The molecule has 4 nitrogen and oxygen atoms in total. The van der Waals surface area contributed by atoms with Crippen LogP contribution < -0.4 is 0 Å². The molecule has 9 atom stereocenters. The lowest BCUT2D eigenvalue weighted by Crippen LogP contribution is -2.68. The maximum Gasteiger partial charge on any atom is 0.305 e. The van der Waals surface area contributed by atoms with Gasteiger partial charge in [-0.25, -0.2) is 8.78 Å². The van der Waals surface area contributed by atoms with Gasteiger partial charge in [0, 0.05) is 22.8 Å². The summed E-state index contributed by atoms with van der Waals surface area (Å²) >= 11 is 3.88. The van der Waals surface area contributed by atoms with E-state index < -0.39 is 39.0 Å². The second-order valence-electron chi connectivity index (χ2n) is 11.6. The Morgan fingerprint density at radius 2 is 1.94 bits per heavy atom. The van der Waals surface area contributed by atoms with E-state index >= 15 is 8.78 Å². The fourth-order valence-electron chi connectivity index (χ4n) is 8.16. The fraction of sp³-hybridized carbons (Fsp3) is 0.786. The lowest BCUT2D eigenvalue weighted by Gasteiger charge is -2.64. The average molecular weight is 558 g/mol. The Labute approximate surface area is 216 Å². The van der Waals surface area contributed by atoms with Crippen molar-refractivity contribution >= 4 is 27.7 Å². The van der Waals surface area contributed by atoms with Crippen LogP contribution in [0.15, 0.2) is 23.6 Å². The molecule has 7 heteroatoms. The molecule has 35 heavy (non-hydrogen) atoms. The average Bonchev–Trinajstić information content (AvgIpc) is 3.07. The molecule has 4 rings (SSSR count). The Morgan fingerprint density at radius 3 is 2.60 bits per heavy atom. The molecule has 0 radical (unpaired) electrons. The molecular weight excluding hydrogens is 518 g/mol. The maximum atomic E-state index is 15.8. The van der Waals surface area contributed by atoms with Crippen molar-refractivity contribution < 1.29 is 28.2 Å². The zero-order valence-electron chi connectivity index (χ0n) is 21.3. The Kier molecular flexibility index (Phi) is 7.44. The van der Waals surface area contributed by atoms with Gasteiger partial charge in [0.05, 0.1) is 10.4 Å². The predicted molar refractivity (Wildman–Crippen MR) is 134 cm³/mol. The highest BCUT2D eigenvalue weighted by Gasteiger charge is 2.72. The van der Waals surface area contributed by atoms with Crippen LogP contribution >= 0.6 is 15.9 Å². The number of carbonyl (C=O) groups is 2. The molecule has 0 aromatic rings. The summed E-state index contributed by atoms with van der Waals surface area (Å²) in [7, 11) is 0. The van der Waals surface area contributed by atoms with Crippen LogP contribution in [0.5, 0.6) is 0 Å². The number of rotatable bonds is 7. The van der Waals surface area contributed by atoms with E-state index in [-0.39, 0.29) is 48.2 Å². The van der Waals surface area contributed by atoms with Crippen LogP contribution in [0.2, 0.25) is 0 Å². The van der Waals surface area contributed by atoms with Crippen molar-refractivity contribution in [1.29, 1.82) is 0 Å². The largest absolute Gasteiger partial charge is 0.461 e. The van der Waals surface area contributed by atoms with Gasteiger partial charge >= 0.3 is 5.97 Å². The number of ether oxygens (including phenoxy) is 1. The second-order valence-corrected chi connectivity index (χ2v) is 12.9. The minimum atomic E-state index is -1.61. The van der Waals surface area contributed by atoms with Gasteiger partial charge in [0.15, 0.2) is 5.83 Å². The van der Waals surface area contributed by atoms with Crippen molar-refractivity contribution in [3.8, 4) is 0 Å². The molecule has 4 aliphatic rings. The van der Waals surface area contributed by atoms with Crippen LogP contribution in [0.3, 0.4) is 0 Å². The number of fused-ring (bicyclic) bond motifs is 5. The van der Waals surface area contributed by atoms with Gasteiger partial charge in [0.1, 0.15) is 12.3 Å². The lowest BCUT2D eigenvalue weighted by atomic mass is 9.46. The summed E-state index contributed by atoms with van der Waals surface area (Å²) in [4.78, 5) is 24.5. The summed E-state index contributed by atoms with van der Waals surface area (Å²) in [6.45, 7) is 7.76. The minimum absolute atomic E-state index is 0.00210. The third-order valence-electron chi connectivity index (χ3n) is 9.72. The summed E-state index contributed by atoms with van der Waals surface area (Å²) in [5.74, 6) is -2.32. The summed E-state index contributed by atoms with van der Waals surface area (Å²) in [5.41, 5.74) is -1.78. The first-order chi connectivity index (χ1) is 16.5. The van der Waals surface area contributed by atoms with Gasteiger partial charge in [-0.3, -0.25) is 9.59 Å². The zero-order valence-corrected chi connectivity index (χ0v) is 22.9. The number of hydrogen-bond donors (Lipinski definition) is 1. The standard InChI is InChI=1S/C28H39BrF2O4/c1-5-7-8-9-11-27-15-21(33)28(29)18(17(27)13-16(3)25(27)35-22(34)6-2)14-19(30)23-24(31)20(32)10-12-26(23,28)4/h10,12,16-19,21,25,33H,5-9,11,13-15H2,1-4H3/t16-,17+,18+,19+,21+,25-,26+,27+,28+/m1/s1. The molecule has 0 aromatic heterocycles. The summed E-state index contributed by atoms with van der Waals surface area (Å²) in [5, 5.41) is 11.8. The number of allylic oxidation sites excluding steroid dienone is 4. The summed E-state index contributed by atoms with van der Waals surface area (Å²) in [6, 6.07) is 0. The normalized spacial score (nSPS) is 44.6. The first kappa shape index (κ1) is 27.0. The van der Waals surface area contributed by atoms with E-state index in [0.29, 0.717) is 6.42 Å². The predicted octanol–water partition coefficient (Wildman–Crippen LogP) is 6.55.